The lowest BCUT2D eigenvalue weighted by molar-refractivity contribution is 0.489. The van der Waals surface area contributed by atoms with Gasteiger partial charge in [-0.25, -0.2) is 0 Å². The lowest BCUT2D eigenvalue weighted by atomic mass is 10.00. The summed E-state index contributed by atoms with van der Waals surface area (Å²) >= 11 is 0. The molecule has 2 nitrogen and oxygen atoms in total. The molecule has 1 aliphatic rings. The third kappa shape index (κ3) is 2.19. The molecule has 0 aromatic heterocycles. The second-order valence-electron chi connectivity index (χ2n) is 4.51. The van der Waals surface area contributed by atoms with Gasteiger partial charge >= 0.3 is 0 Å². The van der Waals surface area contributed by atoms with Crippen LogP contribution in [0.5, 0.6) is 0 Å². The molecule has 16 heavy (non-hydrogen) atoms. The van der Waals surface area contributed by atoms with Crippen LogP contribution >= 0.6 is 0 Å². The predicted octanol–water partition coefficient (Wildman–Crippen LogP) is 3.55. The van der Waals surface area contributed by atoms with E-state index in [9.17, 15) is 0 Å². The number of hydrogen-bond donors (Lipinski definition) is 1. The molecule has 1 aromatic carbocycles. The Morgan fingerprint density at radius 2 is 2.19 bits per heavy atom. The largest absolute Gasteiger partial charge is 0.381 e. The Morgan fingerprint density at radius 3 is 2.94 bits per heavy atom. The second kappa shape index (κ2) is 5.03. The number of para-hydroxylation sites is 1. The van der Waals surface area contributed by atoms with Crippen molar-refractivity contribution >= 4 is 5.69 Å². The van der Waals surface area contributed by atoms with Crippen LogP contribution in [0.15, 0.2) is 24.3 Å². The highest BCUT2D eigenvalue weighted by molar-refractivity contribution is 5.57. The summed E-state index contributed by atoms with van der Waals surface area (Å²) in [5, 5.41) is 12.6. The summed E-state index contributed by atoms with van der Waals surface area (Å²) in [6, 6.07) is 10.6. The minimum absolute atomic E-state index is 0.555. The van der Waals surface area contributed by atoms with Gasteiger partial charge in [0.25, 0.3) is 0 Å². The number of rotatable bonds is 3. The molecule has 1 saturated carbocycles. The summed E-state index contributed by atoms with van der Waals surface area (Å²) < 4.78 is 0. The van der Waals surface area contributed by atoms with E-state index in [1.807, 2.05) is 24.3 Å². The zero-order chi connectivity index (χ0) is 11.4. The second-order valence-corrected chi connectivity index (χ2v) is 4.51. The lowest BCUT2D eigenvalue weighted by Gasteiger charge is -2.21. The standard InChI is InChI=1S/C14H18N2/c1-2-11-7-5-9-13(11)16-14-8-4-3-6-12(14)10-15/h3-4,6,8,11,13,16H,2,5,7,9H2,1H3. The third-order valence-corrected chi connectivity index (χ3v) is 3.57. The van der Waals surface area contributed by atoms with Gasteiger partial charge in [-0.05, 0) is 30.9 Å². The molecule has 0 amide bonds. The number of nitrogens with zero attached hydrogens (tertiary/aromatic N) is 1. The summed E-state index contributed by atoms with van der Waals surface area (Å²) in [7, 11) is 0. The van der Waals surface area contributed by atoms with Gasteiger partial charge in [-0.3, -0.25) is 0 Å². The topological polar surface area (TPSA) is 35.8 Å². The van der Waals surface area contributed by atoms with Crippen molar-refractivity contribution in [2.24, 2.45) is 5.92 Å². The molecular weight excluding hydrogens is 196 g/mol. The van der Waals surface area contributed by atoms with Crippen LogP contribution in [-0.4, -0.2) is 6.04 Å². The van der Waals surface area contributed by atoms with E-state index in [0.717, 1.165) is 17.2 Å². The van der Waals surface area contributed by atoms with E-state index in [2.05, 4.69) is 18.3 Å². The van der Waals surface area contributed by atoms with Crippen molar-refractivity contribution in [1.29, 1.82) is 5.26 Å². The molecule has 1 fully saturated rings. The molecule has 0 radical (unpaired) electrons. The summed E-state index contributed by atoms with van der Waals surface area (Å²) in [5.41, 5.74) is 1.75. The molecule has 1 aliphatic carbocycles. The van der Waals surface area contributed by atoms with Crippen molar-refractivity contribution in [3.63, 3.8) is 0 Å². The minimum atomic E-state index is 0.555. The van der Waals surface area contributed by atoms with E-state index < -0.39 is 0 Å². The van der Waals surface area contributed by atoms with Crippen LogP contribution in [0.3, 0.4) is 0 Å². The molecule has 1 N–H and O–H groups in total. The van der Waals surface area contributed by atoms with E-state index >= 15 is 0 Å². The maximum atomic E-state index is 9.03. The number of hydrogen-bond acceptors (Lipinski definition) is 2. The van der Waals surface area contributed by atoms with Gasteiger partial charge in [0.1, 0.15) is 6.07 Å². The van der Waals surface area contributed by atoms with Crippen molar-refractivity contribution in [2.75, 3.05) is 5.32 Å². The monoisotopic (exact) mass is 214 g/mol. The fourth-order valence-corrected chi connectivity index (χ4v) is 2.62. The first-order valence-electron chi connectivity index (χ1n) is 6.10. The quantitative estimate of drug-likeness (QED) is 0.835. The third-order valence-electron chi connectivity index (χ3n) is 3.57. The van der Waals surface area contributed by atoms with Gasteiger partial charge < -0.3 is 5.32 Å². The lowest BCUT2D eigenvalue weighted by Crippen LogP contribution is -2.23. The van der Waals surface area contributed by atoms with Crippen LogP contribution in [0, 0.1) is 17.2 Å². The van der Waals surface area contributed by atoms with Gasteiger partial charge in [0.05, 0.1) is 11.3 Å². The van der Waals surface area contributed by atoms with Crippen LogP contribution in [0.25, 0.3) is 0 Å². The van der Waals surface area contributed by atoms with Crippen molar-refractivity contribution in [3.05, 3.63) is 29.8 Å². The van der Waals surface area contributed by atoms with Crippen molar-refractivity contribution in [1.82, 2.24) is 0 Å². The summed E-state index contributed by atoms with van der Waals surface area (Å²) in [5.74, 6) is 0.770. The van der Waals surface area contributed by atoms with Crippen molar-refractivity contribution < 1.29 is 0 Å². The molecule has 84 valence electrons. The van der Waals surface area contributed by atoms with Gasteiger partial charge in [-0.1, -0.05) is 31.9 Å². The zero-order valence-corrected chi connectivity index (χ0v) is 9.74. The molecule has 0 saturated heterocycles. The van der Waals surface area contributed by atoms with Crippen LogP contribution in [0.1, 0.15) is 38.2 Å². The predicted molar refractivity (Wildman–Crippen MR) is 66.2 cm³/mol. The molecule has 2 rings (SSSR count). The van der Waals surface area contributed by atoms with E-state index in [1.54, 1.807) is 0 Å². The number of nitrogens with one attached hydrogen (secondary N) is 1. The normalized spacial score (nSPS) is 24.0. The Bertz CT molecular complexity index is 392. The van der Waals surface area contributed by atoms with Crippen molar-refractivity contribution in [3.8, 4) is 6.07 Å². The molecule has 1 aromatic rings. The first-order valence-corrected chi connectivity index (χ1v) is 6.10. The SMILES string of the molecule is CCC1CCCC1Nc1ccccc1C#N. The Hall–Kier alpha value is -1.49. The van der Waals surface area contributed by atoms with Crippen LogP contribution in [0.4, 0.5) is 5.69 Å². The Balaban J connectivity index is 2.12. The van der Waals surface area contributed by atoms with Crippen LogP contribution in [-0.2, 0) is 0 Å². The average molecular weight is 214 g/mol. The van der Waals surface area contributed by atoms with Gasteiger partial charge in [-0.2, -0.15) is 5.26 Å². The highest BCUT2D eigenvalue weighted by Gasteiger charge is 2.25. The minimum Gasteiger partial charge on any atom is -0.381 e. The Kier molecular flexibility index (Phi) is 3.46. The number of anilines is 1. The van der Waals surface area contributed by atoms with Gasteiger partial charge in [0, 0.05) is 6.04 Å². The molecule has 0 bridgehead atoms. The van der Waals surface area contributed by atoms with Crippen molar-refractivity contribution in [2.45, 2.75) is 38.6 Å². The fourth-order valence-electron chi connectivity index (χ4n) is 2.62. The molecule has 0 aliphatic heterocycles. The highest BCUT2D eigenvalue weighted by atomic mass is 14.9. The molecular formula is C14H18N2. The first-order chi connectivity index (χ1) is 7.85. The van der Waals surface area contributed by atoms with Crippen LogP contribution in [0.2, 0.25) is 0 Å². The first kappa shape index (κ1) is 11.0. The zero-order valence-electron chi connectivity index (χ0n) is 9.74. The molecule has 2 atom stereocenters. The van der Waals surface area contributed by atoms with E-state index in [1.165, 1.54) is 25.7 Å². The summed E-state index contributed by atoms with van der Waals surface area (Å²) in [4.78, 5) is 0. The van der Waals surface area contributed by atoms with Gasteiger partial charge in [-0.15, -0.1) is 0 Å². The Morgan fingerprint density at radius 1 is 1.38 bits per heavy atom. The molecule has 2 unspecified atom stereocenters. The highest BCUT2D eigenvalue weighted by Crippen LogP contribution is 2.31. The molecule has 2 heteroatoms. The molecule has 0 heterocycles. The number of benzene rings is 1. The van der Waals surface area contributed by atoms with Crippen LogP contribution < -0.4 is 5.32 Å². The Labute approximate surface area is 97.3 Å². The van der Waals surface area contributed by atoms with Gasteiger partial charge in [0.15, 0.2) is 0 Å². The maximum absolute atomic E-state index is 9.03. The maximum Gasteiger partial charge on any atom is 0.101 e. The van der Waals surface area contributed by atoms with E-state index in [4.69, 9.17) is 5.26 Å². The number of nitriles is 1. The fraction of sp³-hybridized carbons (Fsp3) is 0.500. The van der Waals surface area contributed by atoms with E-state index in [-0.39, 0.29) is 0 Å². The summed E-state index contributed by atoms with van der Waals surface area (Å²) in [6.07, 6.45) is 5.10. The van der Waals surface area contributed by atoms with E-state index in [0.29, 0.717) is 6.04 Å². The summed E-state index contributed by atoms with van der Waals surface area (Å²) in [6.45, 7) is 2.25. The molecule has 0 spiro atoms. The average Bonchev–Trinajstić information content (AvgIpc) is 2.77. The van der Waals surface area contributed by atoms with Gasteiger partial charge in [0.2, 0.25) is 0 Å². The smallest absolute Gasteiger partial charge is 0.101 e.